The van der Waals surface area contributed by atoms with E-state index >= 15 is 0 Å². The zero-order valence-electron chi connectivity index (χ0n) is 55.4. The summed E-state index contributed by atoms with van der Waals surface area (Å²) in [5.41, 5.74) is 33.4. The van der Waals surface area contributed by atoms with Crippen LogP contribution in [-0.4, -0.2) is 248 Å². The Kier molecular flexibility index (Phi) is 38.4. The minimum absolute atomic E-state index is 0.0330. The van der Waals surface area contributed by atoms with E-state index in [1.807, 2.05) is 0 Å². The van der Waals surface area contributed by atoms with Gasteiger partial charge in [-0.25, -0.2) is 4.98 Å². The van der Waals surface area contributed by atoms with Crippen molar-refractivity contribution in [3.63, 3.8) is 0 Å². The van der Waals surface area contributed by atoms with E-state index in [2.05, 4.69) is 124 Å². The van der Waals surface area contributed by atoms with E-state index in [-0.39, 0.29) is 99.3 Å². The molecule has 560 valence electrons. The van der Waals surface area contributed by atoms with Crippen LogP contribution in [0.4, 0.5) is 0 Å². The first-order valence-corrected chi connectivity index (χ1v) is 34.4. The molecule has 0 bridgehead atoms. The number of likely N-dealkylation sites (tertiary alicyclic amines) is 1. The first-order valence-electron chi connectivity index (χ1n) is 31.9. The molecule has 2 heterocycles. The topological polar surface area (TPSA) is 629 Å². The second kappa shape index (κ2) is 45.0. The Morgan fingerprint density at radius 1 is 0.604 bits per heavy atom. The fourth-order valence-electron chi connectivity index (χ4n) is 9.91. The lowest BCUT2D eigenvalue weighted by Crippen LogP contribution is -2.60. The number of unbranched alkanes of at least 4 members (excludes halogenated alkanes) is 1. The number of aromatic amines is 1. The Hall–Kier alpha value is -8.97. The van der Waals surface area contributed by atoms with E-state index in [0.29, 0.717) is 24.1 Å². The van der Waals surface area contributed by atoms with Crippen LogP contribution in [0.15, 0.2) is 41.8 Å². The van der Waals surface area contributed by atoms with Gasteiger partial charge >= 0.3 is 0 Å². The zero-order valence-corrected chi connectivity index (χ0v) is 58.9. The average Bonchev–Trinajstić information content (AvgIpc) is 1.75. The monoisotopic (exact) mass is 1500 g/mol. The number of nitrogens with one attached hydrogen (secondary N) is 12. The number of phenolic OH excluding ortho intramolecular Hbond substituents is 1. The van der Waals surface area contributed by atoms with Gasteiger partial charge in [0.15, 0.2) is 11.7 Å². The van der Waals surface area contributed by atoms with Crippen molar-refractivity contribution < 1.29 is 82.1 Å². The maximum Gasteiger partial charge on any atom is 0.246 e. The molecule has 2 aromatic rings. The summed E-state index contributed by atoms with van der Waals surface area (Å²) in [6, 6.07) is -10.4. The van der Waals surface area contributed by atoms with Crippen molar-refractivity contribution in [1.29, 1.82) is 0 Å². The number of phenols is 1. The van der Waals surface area contributed by atoms with Gasteiger partial charge in [-0.1, -0.05) is 12.1 Å². The number of amides is 14. The maximum absolute atomic E-state index is 14.5. The Morgan fingerprint density at radius 3 is 1.74 bits per heavy atom. The molecular formula is C59H93N21O17S4. The minimum atomic E-state index is -1.82. The molecule has 0 aliphatic carbocycles. The number of aromatic hydroxyl groups is 1. The van der Waals surface area contributed by atoms with Crippen LogP contribution >= 0.6 is 50.5 Å². The number of aliphatic hydroxyl groups excluding tert-OH is 1. The molecule has 1 fully saturated rings. The van der Waals surface area contributed by atoms with Crippen molar-refractivity contribution in [2.24, 2.45) is 45.3 Å². The van der Waals surface area contributed by atoms with Gasteiger partial charge in [-0.05, 0) is 76.1 Å². The van der Waals surface area contributed by atoms with E-state index in [0.717, 1.165) is 0 Å². The summed E-state index contributed by atoms with van der Waals surface area (Å²) in [7, 11) is 0. The van der Waals surface area contributed by atoms with E-state index in [1.54, 1.807) is 0 Å². The predicted octanol–water partition coefficient (Wildman–Crippen LogP) is -9.34. The normalized spacial score (nSPS) is 15.8. The molecule has 0 spiro atoms. The number of hydrogen-bond acceptors (Lipinski definition) is 25. The number of nitrogens with two attached hydrogens (primary N) is 6. The van der Waals surface area contributed by atoms with E-state index in [1.165, 1.54) is 48.6 Å². The van der Waals surface area contributed by atoms with Gasteiger partial charge in [0.1, 0.15) is 66.2 Å². The Balaban J connectivity index is 1.71. The number of benzene rings is 1. The highest BCUT2D eigenvalue weighted by atomic mass is 32.1. The Labute approximate surface area is 603 Å². The summed E-state index contributed by atoms with van der Waals surface area (Å²) in [5.74, 6) is -16.0. The molecule has 42 heteroatoms. The van der Waals surface area contributed by atoms with Gasteiger partial charge < -0.3 is 113 Å². The molecule has 0 radical (unpaired) electrons. The summed E-state index contributed by atoms with van der Waals surface area (Å²) in [5, 5.41) is 46.6. The predicted molar refractivity (Wildman–Crippen MR) is 377 cm³/mol. The molecule has 1 aromatic heterocycles. The van der Waals surface area contributed by atoms with Crippen LogP contribution in [0, 0.1) is 5.92 Å². The number of aliphatic imine (C=N–C) groups is 1. The molecule has 14 amide bonds. The van der Waals surface area contributed by atoms with Crippen molar-refractivity contribution in [3.8, 4) is 5.75 Å². The molecule has 12 atom stereocenters. The minimum Gasteiger partial charge on any atom is -0.508 e. The second-order valence-corrected chi connectivity index (χ2v) is 24.7. The van der Waals surface area contributed by atoms with E-state index in [9.17, 15) is 82.1 Å². The number of primary amides is 2. The van der Waals surface area contributed by atoms with Crippen LogP contribution in [0.1, 0.15) is 76.0 Å². The number of aliphatic hydroxyl groups is 1. The number of carbonyl (C=O) groups excluding carboxylic acids is 15. The number of nitrogens with zero attached hydrogens (tertiary/aromatic N) is 3. The molecule has 1 saturated heterocycles. The molecule has 1 aromatic carbocycles. The summed E-state index contributed by atoms with van der Waals surface area (Å²) < 4.78 is 0. The third-order valence-electron chi connectivity index (χ3n) is 15.4. The van der Waals surface area contributed by atoms with Crippen LogP contribution in [0.2, 0.25) is 0 Å². The van der Waals surface area contributed by atoms with Crippen LogP contribution < -0.4 is 92.9 Å². The summed E-state index contributed by atoms with van der Waals surface area (Å²) in [6.45, 7) is -0.593. The van der Waals surface area contributed by atoms with Gasteiger partial charge in [0.25, 0.3) is 0 Å². The fourth-order valence-corrected chi connectivity index (χ4v) is 11.0. The number of Topliss-reactive ketones (excluding diaryl/α,β-unsaturated/α-hetero) is 1. The fraction of sp³-hybridized carbons (Fsp3) is 0.576. The number of guanidine groups is 1. The summed E-state index contributed by atoms with van der Waals surface area (Å²) in [6.07, 6.45) is 2.23. The van der Waals surface area contributed by atoms with Crippen LogP contribution in [0.5, 0.6) is 5.75 Å². The zero-order chi connectivity index (χ0) is 75.5. The van der Waals surface area contributed by atoms with Gasteiger partial charge in [0.05, 0.1) is 44.4 Å². The van der Waals surface area contributed by atoms with E-state index < -0.39 is 193 Å². The van der Waals surface area contributed by atoms with Gasteiger partial charge in [-0.2, -0.15) is 50.5 Å². The highest BCUT2D eigenvalue weighted by Crippen LogP contribution is 2.21. The number of imidazole rings is 1. The lowest BCUT2D eigenvalue weighted by atomic mass is 9.96. The molecule has 101 heavy (non-hydrogen) atoms. The van der Waals surface area contributed by atoms with Gasteiger partial charge in [0, 0.05) is 67.3 Å². The molecular weight excluding hydrogens is 1400 g/mol. The molecule has 1 aliphatic rings. The first kappa shape index (κ1) is 86.3. The third-order valence-corrected chi connectivity index (χ3v) is 17.0. The SMILES string of the molecule is CC(NC(=O)C1CCCN1C(=O)C(Cc1cnc[nH]1)NC(=O)C(CS)NC(=O)C(CS)CC(=O)C(CCCN=C(N)N)NC(=O)CN)C(=O)NC(CS)C(=O)NCC(=O)NC(CCCCN)C(=O)NC(CC(N)=O)C(=O)NC(Cc1ccc(O)cc1)C(=O)NC(CO)C(=O)NC(CS)C(N)=O. The maximum atomic E-state index is 14.5. The van der Waals surface area contributed by atoms with Crippen LogP contribution in [0.25, 0.3) is 0 Å². The van der Waals surface area contributed by atoms with Crippen LogP contribution in [-0.2, 0) is 84.8 Å². The quantitative estimate of drug-likeness (QED) is 0.0127. The largest absolute Gasteiger partial charge is 0.508 e. The average molecular weight is 1500 g/mol. The smallest absolute Gasteiger partial charge is 0.246 e. The lowest BCUT2D eigenvalue weighted by molar-refractivity contribution is -0.142. The number of H-pyrrole nitrogens is 1. The van der Waals surface area contributed by atoms with Gasteiger partial charge in [-0.3, -0.25) is 76.9 Å². The summed E-state index contributed by atoms with van der Waals surface area (Å²) >= 11 is 16.7. The first-order chi connectivity index (χ1) is 47.9. The van der Waals surface area contributed by atoms with E-state index in [4.69, 9.17) is 34.4 Å². The number of rotatable bonds is 46. The van der Waals surface area contributed by atoms with Gasteiger partial charge in [0.2, 0.25) is 82.7 Å². The molecule has 1 aliphatic heterocycles. The Bertz CT molecular complexity index is 3210. The molecule has 38 nitrogen and oxygen atoms in total. The van der Waals surface area contributed by atoms with Crippen LogP contribution in [0.3, 0.4) is 0 Å². The van der Waals surface area contributed by atoms with Gasteiger partial charge in [-0.15, -0.1) is 0 Å². The number of thiol groups is 4. The van der Waals surface area contributed by atoms with Crippen molar-refractivity contribution in [2.75, 3.05) is 62.3 Å². The second-order valence-electron chi connectivity index (χ2n) is 23.2. The number of aromatic nitrogens is 2. The number of ketones is 1. The highest BCUT2D eigenvalue weighted by Gasteiger charge is 2.41. The number of carbonyl (C=O) groups is 15. The Morgan fingerprint density at radius 2 is 1.16 bits per heavy atom. The molecule has 3 rings (SSSR count). The molecule has 26 N–H and O–H groups in total. The summed E-state index contributed by atoms with van der Waals surface area (Å²) in [4.78, 5) is 213. The number of hydrogen-bond donors (Lipinski definition) is 24. The third kappa shape index (κ3) is 30.0. The van der Waals surface area contributed by atoms with Crippen molar-refractivity contribution in [1.82, 2.24) is 73.4 Å². The molecule has 0 saturated carbocycles. The van der Waals surface area contributed by atoms with Crippen molar-refractivity contribution >= 4 is 145 Å². The molecule has 12 unspecified atom stereocenters. The standard InChI is InChI=1S/C59H93N21O17S4/c1-29(70-57(96)43-8-5-15-80(43)58(97)38(18-32-21-66-28-69-32)75-56(95)42(27-101)79-50(89)31(24-98)17-44(83)34(71-46(85)20-61)7-4-14-67-59(64)65)49(88)78-41(26-100)51(90)68-22-47(86)72-35(6-2-3-13-60)52(91)74-37(19-45(62)84)54(93)73-36(16-30-9-11-33(82)12-10-30)53(92)76-39(23-81)55(94)77-40(25-99)48(63)87/h9-12,21,28-29,31,34-43,81-82,98-101H,2-8,13-20,22-27,60-61H2,1H3,(H2,62,84)(H2,63,87)(H,66,69)(H,68,90)(H,70,96)(H,71,85)(H,72,86)(H,73,93)(H,74,91)(H,75,95)(H,76,92)(H,77,94)(H,78,88)(H,79,89)(H4,64,65,67). The van der Waals surface area contributed by atoms with Crippen molar-refractivity contribution in [2.45, 2.75) is 144 Å². The van der Waals surface area contributed by atoms with Crippen molar-refractivity contribution in [3.05, 3.63) is 48.0 Å². The lowest BCUT2D eigenvalue weighted by Gasteiger charge is -2.30. The highest BCUT2D eigenvalue weighted by molar-refractivity contribution is 7.80.